The largest absolute Gasteiger partial charge is 0.268 e. The van der Waals surface area contributed by atoms with Crippen molar-refractivity contribution in [1.29, 1.82) is 0 Å². The van der Waals surface area contributed by atoms with Crippen LogP contribution in [0.25, 0.3) is 0 Å². The molecule has 0 radical (unpaired) electrons. The lowest BCUT2D eigenvalue weighted by Gasteiger charge is -2.24. The number of nitrogens with zero attached hydrogens (tertiary/aromatic N) is 2. The highest BCUT2D eigenvalue weighted by molar-refractivity contribution is 8.16. The third-order valence-corrected chi connectivity index (χ3v) is 5.83. The smallest absolute Gasteiger partial charge is 0.113 e. The Morgan fingerprint density at radius 2 is 1.84 bits per heavy atom. The molecular weight excluding hydrogens is 324 g/mol. The van der Waals surface area contributed by atoms with Gasteiger partial charge in [-0.15, -0.1) is 11.8 Å². The molecule has 0 spiro atoms. The molecule has 0 aromatic heterocycles. The summed E-state index contributed by atoms with van der Waals surface area (Å²) in [7, 11) is 0. The van der Waals surface area contributed by atoms with E-state index in [4.69, 9.17) is 9.98 Å². The average Bonchev–Trinajstić information content (AvgIpc) is 2.96. The maximum absolute atomic E-state index is 4.89. The summed E-state index contributed by atoms with van der Waals surface area (Å²) in [6, 6.07) is 6.77. The average molecular weight is 357 g/mol. The van der Waals surface area contributed by atoms with Gasteiger partial charge in [-0.05, 0) is 47.4 Å². The highest BCUT2D eigenvalue weighted by atomic mass is 32.2. The summed E-state index contributed by atoms with van der Waals surface area (Å²) < 4.78 is 0. The van der Waals surface area contributed by atoms with Crippen LogP contribution in [0.1, 0.15) is 59.6 Å². The lowest BCUT2D eigenvalue weighted by atomic mass is 9.84. The Labute approximate surface area is 157 Å². The molecule has 0 fully saturated rings. The lowest BCUT2D eigenvalue weighted by Crippen LogP contribution is -2.20. The van der Waals surface area contributed by atoms with Crippen LogP contribution in [0.2, 0.25) is 0 Å². The van der Waals surface area contributed by atoms with E-state index in [1.807, 2.05) is 0 Å². The molecule has 0 aliphatic carbocycles. The van der Waals surface area contributed by atoms with Gasteiger partial charge in [0.05, 0.1) is 17.4 Å². The summed E-state index contributed by atoms with van der Waals surface area (Å²) in [6.07, 6.45) is 0. The topological polar surface area (TPSA) is 24.7 Å². The first-order chi connectivity index (χ1) is 11.4. The molecule has 1 heterocycles. The Bertz CT molecular complexity index is 727. The minimum absolute atomic E-state index is 0.0919. The lowest BCUT2D eigenvalue weighted by molar-refractivity contribution is 0.475. The van der Waals surface area contributed by atoms with Gasteiger partial charge in [0.1, 0.15) is 5.04 Å². The van der Waals surface area contributed by atoms with Gasteiger partial charge in [0.15, 0.2) is 0 Å². The van der Waals surface area contributed by atoms with Crippen LogP contribution >= 0.6 is 11.8 Å². The Kier molecular flexibility index (Phi) is 5.68. The first-order valence-electron chi connectivity index (χ1n) is 8.96. The van der Waals surface area contributed by atoms with E-state index in [-0.39, 0.29) is 16.9 Å². The van der Waals surface area contributed by atoms with Crippen molar-refractivity contribution in [3.63, 3.8) is 0 Å². The van der Waals surface area contributed by atoms with E-state index in [9.17, 15) is 0 Å². The number of rotatable bonds is 3. The Hall–Kier alpha value is -1.35. The normalized spacial score (nSPS) is 19.1. The predicted molar refractivity (Wildman–Crippen MR) is 115 cm³/mol. The van der Waals surface area contributed by atoms with Gasteiger partial charge in [0.25, 0.3) is 0 Å². The molecule has 1 aromatic rings. The first kappa shape index (κ1) is 20.0. The molecule has 1 aliphatic rings. The van der Waals surface area contributed by atoms with Crippen LogP contribution in [0.3, 0.4) is 0 Å². The fourth-order valence-corrected chi connectivity index (χ4v) is 3.77. The van der Waals surface area contributed by atoms with Crippen molar-refractivity contribution in [2.75, 3.05) is 5.75 Å². The van der Waals surface area contributed by atoms with Gasteiger partial charge in [-0.1, -0.05) is 60.3 Å². The molecule has 0 saturated carbocycles. The molecule has 25 heavy (non-hydrogen) atoms. The zero-order chi connectivity index (χ0) is 19.0. The van der Waals surface area contributed by atoms with Crippen molar-refractivity contribution < 1.29 is 0 Å². The molecule has 0 amide bonds. The number of aliphatic imine (C=N–C) groups is 2. The van der Waals surface area contributed by atoms with Crippen LogP contribution in [-0.2, 0) is 5.41 Å². The molecular formula is C22H32N2S. The molecule has 2 nitrogen and oxygen atoms in total. The van der Waals surface area contributed by atoms with E-state index in [2.05, 4.69) is 80.2 Å². The maximum atomic E-state index is 4.89. The fraction of sp³-hybridized carbons (Fsp3) is 0.545. The molecule has 0 N–H and O–H groups in total. The van der Waals surface area contributed by atoms with E-state index < -0.39 is 0 Å². The highest BCUT2D eigenvalue weighted by Gasteiger charge is 2.28. The van der Waals surface area contributed by atoms with E-state index in [0.29, 0.717) is 0 Å². The van der Waals surface area contributed by atoms with Crippen molar-refractivity contribution in [3.8, 4) is 0 Å². The van der Waals surface area contributed by atoms with Gasteiger partial charge >= 0.3 is 0 Å². The third kappa shape index (κ3) is 4.84. The van der Waals surface area contributed by atoms with Gasteiger partial charge in [-0.25, -0.2) is 0 Å². The van der Waals surface area contributed by atoms with Gasteiger partial charge in [-0.2, -0.15) is 0 Å². The van der Waals surface area contributed by atoms with Crippen molar-refractivity contribution in [3.05, 3.63) is 41.5 Å². The number of benzene rings is 1. The Balaban J connectivity index is 2.24. The van der Waals surface area contributed by atoms with Crippen LogP contribution in [0.5, 0.6) is 0 Å². The van der Waals surface area contributed by atoms with Gasteiger partial charge < -0.3 is 0 Å². The molecule has 3 heteroatoms. The fourth-order valence-electron chi connectivity index (χ4n) is 2.73. The minimum atomic E-state index is 0.0919. The van der Waals surface area contributed by atoms with Crippen molar-refractivity contribution in [2.45, 2.75) is 66.8 Å². The van der Waals surface area contributed by atoms with Crippen molar-refractivity contribution in [1.82, 2.24) is 0 Å². The van der Waals surface area contributed by atoms with Gasteiger partial charge in [0, 0.05) is 5.75 Å². The second kappa shape index (κ2) is 7.11. The summed E-state index contributed by atoms with van der Waals surface area (Å²) in [6.45, 7) is 21.8. The molecule has 1 atom stereocenters. The predicted octanol–water partition coefficient (Wildman–Crippen LogP) is 6.50. The van der Waals surface area contributed by atoms with Gasteiger partial charge in [0.2, 0.25) is 0 Å². The summed E-state index contributed by atoms with van der Waals surface area (Å²) in [5.74, 6) is 0.972. The van der Waals surface area contributed by atoms with Crippen LogP contribution in [0, 0.1) is 12.3 Å². The standard InChI is InChI=1S/C22H32N2S/c1-14-12-17(22(7,8)9)10-11-18(14)23-16(3)20-24-19(13-25-20)15(2)21(4,5)6/h10-12,19H,2,13H2,1,3-9H3/b23-16+. The SMILES string of the molecule is C=C(C1CSC(/C(C)=N/c2ccc(C(C)(C)C)cc2C)=N1)C(C)(C)C. The molecule has 2 rings (SSSR count). The summed E-state index contributed by atoms with van der Waals surface area (Å²) in [4.78, 5) is 9.74. The number of aryl methyl sites for hydroxylation is 1. The monoisotopic (exact) mass is 356 g/mol. The highest BCUT2D eigenvalue weighted by Crippen LogP contribution is 2.34. The van der Waals surface area contributed by atoms with E-state index in [0.717, 1.165) is 22.2 Å². The molecule has 1 aliphatic heterocycles. The quantitative estimate of drug-likeness (QED) is 0.448. The summed E-state index contributed by atoms with van der Waals surface area (Å²) in [5, 5.41) is 1.05. The van der Waals surface area contributed by atoms with Crippen LogP contribution < -0.4 is 0 Å². The van der Waals surface area contributed by atoms with Gasteiger partial charge in [-0.3, -0.25) is 9.98 Å². The van der Waals surface area contributed by atoms with Crippen molar-refractivity contribution in [2.24, 2.45) is 15.4 Å². The number of thioether (sulfide) groups is 1. The van der Waals surface area contributed by atoms with Crippen LogP contribution in [0.4, 0.5) is 5.69 Å². The van der Waals surface area contributed by atoms with Crippen molar-refractivity contribution >= 4 is 28.2 Å². The number of hydrogen-bond donors (Lipinski definition) is 0. The first-order valence-corrected chi connectivity index (χ1v) is 9.95. The van der Waals surface area contributed by atoms with E-state index >= 15 is 0 Å². The molecule has 1 aromatic carbocycles. The zero-order valence-corrected chi connectivity index (χ0v) is 17.8. The minimum Gasteiger partial charge on any atom is -0.268 e. The van der Waals surface area contributed by atoms with E-state index in [1.165, 1.54) is 16.7 Å². The van der Waals surface area contributed by atoms with E-state index in [1.54, 1.807) is 11.8 Å². The molecule has 0 bridgehead atoms. The maximum Gasteiger partial charge on any atom is 0.113 e. The molecule has 1 unspecified atom stereocenters. The summed E-state index contributed by atoms with van der Waals surface area (Å²) in [5.41, 5.74) is 6.05. The zero-order valence-electron chi connectivity index (χ0n) is 17.0. The third-order valence-electron chi connectivity index (χ3n) is 4.68. The molecule has 0 saturated heterocycles. The molecule has 136 valence electrons. The Morgan fingerprint density at radius 1 is 1.20 bits per heavy atom. The van der Waals surface area contributed by atoms with Crippen LogP contribution in [-0.4, -0.2) is 22.6 Å². The Morgan fingerprint density at radius 3 is 2.36 bits per heavy atom. The number of hydrogen-bond acceptors (Lipinski definition) is 3. The second-order valence-electron chi connectivity index (χ2n) is 8.98. The van der Waals surface area contributed by atoms with Crippen LogP contribution in [0.15, 0.2) is 40.3 Å². The second-order valence-corrected chi connectivity index (χ2v) is 9.99. The summed E-state index contributed by atoms with van der Waals surface area (Å²) >= 11 is 1.79.